The second-order valence-corrected chi connectivity index (χ2v) is 4.79. The summed E-state index contributed by atoms with van der Waals surface area (Å²) < 4.78 is 0. The minimum atomic E-state index is -0.864. The van der Waals surface area contributed by atoms with Gasteiger partial charge in [0.25, 0.3) is 0 Å². The Morgan fingerprint density at radius 3 is 2.68 bits per heavy atom. The maximum atomic E-state index is 11.9. The van der Waals surface area contributed by atoms with Gasteiger partial charge in [0.2, 0.25) is 5.91 Å². The SMILES string of the molecule is CC(CC(=O)O)CC(=O)N(C)CCc1ccccn1. The molecule has 0 aliphatic heterocycles. The Bertz CT molecular complexity index is 420. The molecule has 1 aromatic rings. The Kier molecular flexibility index (Phi) is 5.99. The van der Waals surface area contributed by atoms with E-state index >= 15 is 0 Å². The van der Waals surface area contributed by atoms with Crippen LogP contribution < -0.4 is 0 Å². The molecule has 0 spiro atoms. The molecule has 0 bridgehead atoms. The Labute approximate surface area is 113 Å². The highest BCUT2D eigenvalue weighted by Gasteiger charge is 2.15. The summed E-state index contributed by atoms with van der Waals surface area (Å²) in [5.74, 6) is -1.02. The van der Waals surface area contributed by atoms with Crippen LogP contribution in [0.2, 0.25) is 0 Å². The molecular weight excluding hydrogens is 244 g/mol. The van der Waals surface area contributed by atoms with Crippen molar-refractivity contribution in [2.45, 2.75) is 26.2 Å². The van der Waals surface area contributed by atoms with Crippen LogP contribution in [0, 0.1) is 5.92 Å². The van der Waals surface area contributed by atoms with E-state index in [0.29, 0.717) is 13.0 Å². The first-order chi connectivity index (χ1) is 8.99. The van der Waals surface area contributed by atoms with Crippen LogP contribution in [0.3, 0.4) is 0 Å². The number of likely N-dealkylation sites (N-methyl/N-ethyl adjacent to an activating group) is 1. The van der Waals surface area contributed by atoms with E-state index in [2.05, 4.69) is 4.98 Å². The second-order valence-electron chi connectivity index (χ2n) is 4.79. The number of hydrogen-bond donors (Lipinski definition) is 1. The van der Waals surface area contributed by atoms with Gasteiger partial charge in [-0.15, -0.1) is 0 Å². The third kappa shape index (κ3) is 5.99. The van der Waals surface area contributed by atoms with Gasteiger partial charge in [-0.25, -0.2) is 0 Å². The highest BCUT2D eigenvalue weighted by molar-refractivity contribution is 5.77. The molecule has 1 aromatic heterocycles. The van der Waals surface area contributed by atoms with E-state index in [4.69, 9.17) is 5.11 Å². The number of carbonyl (C=O) groups excluding carboxylic acids is 1. The van der Waals surface area contributed by atoms with Crippen molar-refractivity contribution in [1.82, 2.24) is 9.88 Å². The first kappa shape index (κ1) is 15.1. The molecule has 0 aliphatic rings. The summed E-state index contributed by atoms with van der Waals surface area (Å²) in [6.07, 6.45) is 2.73. The number of carboxylic acid groups (broad SMARTS) is 1. The lowest BCUT2D eigenvalue weighted by Crippen LogP contribution is -2.30. The summed E-state index contributed by atoms with van der Waals surface area (Å²) in [7, 11) is 1.73. The lowest BCUT2D eigenvalue weighted by molar-refractivity contribution is -0.138. The molecule has 1 amide bonds. The molecule has 0 aliphatic carbocycles. The zero-order valence-electron chi connectivity index (χ0n) is 11.4. The predicted molar refractivity (Wildman–Crippen MR) is 71.6 cm³/mol. The smallest absolute Gasteiger partial charge is 0.303 e. The molecule has 0 fully saturated rings. The number of carboxylic acids is 1. The maximum absolute atomic E-state index is 11.9. The number of aromatic nitrogens is 1. The molecule has 0 saturated carbocycles. The van der Waals surface area contributed by atoms with E-state index in [1.54, 1.807) is 25.1 Å². The van der Waals surface area contributed by atoms with E-state index in [9.17, 15) is 9.59 Å². The molecule has 0 radical (unpaired) electrons. The average molecular weight is 264 g/mol. The van der Waals surface area contributed by atoms with Crippen molar-refractivity contribution < 1.29 is 14.7 Å². The van der Waals surface area contributed by atoms with E-state index < -0.39 is 5.97 Å². The van der Waals surface area contributed by atoms with Gasteiger partial charge < -0.3 is 10.0 Å². The highest BCUT2D eigenvalue weighted by atomic mass is 16.4. The maximum Gasteiger partial charge on any atom is 0.303 e. The van der Waals surface area contributed by atoms with Crippen LogP contribution in [0.4, 0.5) is 0 Å². The third-order valence-electron chi connectivity index (χ3n) is 2.90. The Hall–Kier alpha value is -1.91. The zero-order chi connectivity index (χ0) is 14.3. The summed E-state index contributed by atoms with van der Waals surface area (Å²) >= 11 is 0. The van der Waals surface area contributed by atoms with Crippen LogP contribution >= 0.6 is 0 Å². The van der Waals surface area contributed by atoms with Crippen molar-refractivity contribution in [3.8, 4) is 0 Å². The van der Waals surface area contributed by atoms with Gasteiger partial charge in [0.1, 0.15) is 0 Å². The molecule has 0 saturated heterocycles. The van der Waals surface area contributed by atoms with Crippen molar-refractivity contribution in [1.29, 1.82) is 0 Å². The number of aliphatic carboxylic acids is 1. The van der Waals surface area contributed by atoms with Crippen LogP contribution in [-0.2, 0) is 16.0 Å². The van der Waals surface area contributed by atoms with Crippen LogP contribution in [0.1, 0.15) is 25.5 Å². The zero-order valence-corrected chi connectivity index (χ0v) is 11.4. The van der Waals surface area contributed by atoms with Crippen LogP contribution in [0.25, 0.3) is 0 Å². The fraction of sp³-hybridized carbons (Fsp3) is 0.500. The molecule has 0 aromatic carbocycles. The summed E-state index contributed by atoms with van der Waals surface area (Å²) in [6.45, 7) is 2.37. The predicted octanol–water partition coefficient (Wildman–Crippen LogP) is 1.58. The average Bonchev–Trinajstić information content (AvgIpc) is 2.36. The number of rotatable bonds is 7. The first-order valence-electron chi connectivity index (χ1n) is 6.34. The van der Waals surface area contributed by atoms with Crippen molar-refractivity contribution in [3.05, 3.63) is 30.1 Å². The number of carbonyl (C=O) groups is 2. The second kappa shape index (κ2) is 7.51. The summed E-state index contributed by atoms with van der Waals surface area (Å²) in [5, 5.41) is 8.65. The molecule has 1 heterocycles. The van der Waals surface area contributed by atoms with E-state index in [1.165, 1.54) is 0 Å². The normalized spacial score (nSPS) is 11.9. The van der Waals surface area contributed by atoms with E-state index in [-0.39, 0.29) is 24.7 Å². The summed E-state index contributed by atoms with van der Waals surface area (Å²) in [6, 6.07) is 5.69. The molecule has 104 valence electrons. The molecular formula is C14H20N2O3. The number of pyridine rings is 1. The van der Waals surface area contributed by atoms with Gasteiger partial charge in [0.15, 0.2) is 0 Å². The third-order valence-corrected chi connectivity index (χ3v) is 2.90. The topological polar surface area (TPSA) is 70.5 Å². The minimum absolute atomic E-state index is 0.0234. The Morgan fingerprint density at radius 2 is 2.11 bits per heavy atom. The lowest BCUT2D eigenvalue weighted by Gasteiger charge is -2.18. The molecule has 19 heavy (non-hydrogen) atoms. The van der Waals surface area contributed by atoms with Crippen LogP contribution in [0.15, 0.2) is 24.4 Å². The van der Waals surface area contributed by atoms with Gasteiger partial charge in [-0.3, -0.25) is 14.6 Å². The minimum Gasteiger partial charge on any atom is -0.481 e. The lowest BCUT2D eigenvalue weighted by atomic mass is 10.0. The standard InChI is InChI=1S/C14H20N2O3/c1-11(10-14(18)19)9-13(17)16(2)8-6-12-5-3-4-7-15-12/h3-5,7,11H,6,8-10H2,1-2H3,(H,18,19). The Morgan fingerprint density at radius 1 is 1.37 bits per heavy atom. The molecule has 1 unspecified atom stereocenters. The van der Waals surface area contributed by atoms with Gasteiger partial charge in [0.05, 0.1) is 0 Å². The van der Waals surface area contributed by atoms with Crippen LogP contribution in [-0.4, -0.2) is 40.5 Å². The van der Waals surface area contributed by atoms with Gasteiger partial charge >= 0.3 is 5.97 Å². The van der Waals surface area contributed by atoms with Crippen molar-refractivity contribution in [2.75, 3.05) is 13.6 Å². The molecule has 5 nitrogen and oxygen atoms in total. The van der Waals surface area contributed by atoms with Gasteiger partial charge in [0, 0.05) is 44.7 Å². The monoisotopic (exact) mass is 264 g/mol. The number of amides is 1. The van der Waals surface area contributed by atoms with E-state index in [0.717, 1.165) is 5.69 Å². The number of nitrogens with zero attached hydrogens (tertiary/aromatic N) is 2. The van der Waals surface area contributed by atoms with E-state index in [1.807, 2.05) is 18.2 Å². The fourth-order valence-electron chi connectivity index (χ4n) is 1.78. The summed E-state index contributed by atoms with van der Waals surface area (Å²) in [4.78, 5) is 28.2. The molecule has 1 atom stereocenters. The van der Waals surface area contributed by atoms with Crippen molar-refractivity contribution in [2.24, 2.45) is 5.92 Å². The van der Waals surface area contributed by atoms with Gasteiger partial charge in [-0.1, -0.05) is 13.0 Å². The largest absolute Gasteiger partial charge is 0.481 e. The molecule has 1 N–H and O–H groups in total. The summed E-state index contributed by atoms with van der Waals surface area (Å²) in [5.41, 5.74) is 0.945. The Balaban J connectivity index is 2.34. The number of hydrogen-bond acceptors (Lipinski definition) is 3. The van der Waals surface area contributed by atoms with Crippen molar-refractivity contribution in [3.63, 3.8) is 0 Å². The molecule has 5 heteroatoms. The van der Waals surface area contributed by atoms with Gasteiger partial charge in [-0.2, -0.15) is 0 Å². The highest BCUT2D eigenvalue weighted by Crippen LogP contribution is 2.09. The van der Waals surface area contributed by atoms with Crippen LogP contribution in [0.5, 0.6) is 0 Å². The molecule has 1 rings (SSSR count). The van der Waals surface area contributed by atoms with Gasteiger partial charge in [-0.05, 0) is 18.1 Å². The van der Waals surface area contributed by atoms with Crippen molar-refractivity contribution >= 4 is 11.9 Å². The quantitative estimate of drug-likeness (QED) is 0.811. The first-order valence-corrected chi connectivity index (χ1v) is 6.34. The fourth-order valence-corrected chi connectivity index (χ4v) is 1.78.